The van der Waals surface area contributed by atoms with Crippen LogP contribution in [0.1, 0.15) is 55.1 Å². The normalized spacial score (nSPS) is 20.1. The Morgan fingerprint density at radius 2 is 1.74 bits per heavy atom. The van der Waals surface area contributed by atoms with Crippen LogP contribution in [0.3, 0.4) is 0 Å². The molecule has 0 atom stereocenters. The van der Waals surface area contributed by atoms with Gasteiger partial charge >= 0.3 is 0 Å². The van der Waals surface area contributed by atoms with Crippen molar-refractivity contribution in [3.05, 3.63) is 58.3 Å². The number of rotatable bonds is 3. The molecule has 27 heavy (non-hydrogen) atoms. The molecular formula is C22H24N2O2S. The highest BCUT2D eigenvalue weighted by atomic mass is 32.2. The molecule has 1 aromatic heterocycles. The number of carbonyl (C=O) groups is 2. The predicted octanol–water partition coefficient (Wildman–Crippen LogP) is 5.85. The van der Waals surface area contributed by atoms with Gasteiger partial charge in [0.2, 0.25) is 0 Å². The van der Waals surface area contributed by atoms with E-state index in [-0.39, 0.29) is 11.1 Å². The third-order valence-corrected chi connectivity index (χ3v) is 6.43. The number of imide groups is 1. The van der Waals surface area contributed by atoms with Gasteiger partial charge in [-0.05, 0) is 68.3 Å². The van der Waals surface area contributed by atoms with Gasteiger partial charge in [-0.15, -0.1) is 0 Å². The molecule has 0 unspecified atom stereocenters. The SMILES string of the molecule is Cc1cc(/C=C2\SC(=O)N(c3ccccc3)C2=O)c(C)n1C1CCCCC1. The van der Waals surface area contributed by atoms with Crippen LogP contribution in [0.2, 0.25) is 0 Å². The molecule has 4 nitrogen and oxygen atoms in total. The Hall–Kier alpha value is -2.27. The van der Waals surface area contributed by atoms with E-state index in [9.17, 15) is 9.59 Å². The predicted molar refractivity (Wildman–Crippen MR) is 111 cm³/mol. The van der Waals surface area contributed by atoms with Gasteiger partial charge < -0.3 is 4.57 Å². The zero-order valence-corrected chi connectivity index (χ0v) is 16.6. The monoisotopic (exact) mass is 380 g/mol. The Bertz CT molecular complexity index is 908. The Morgan fingerprint density at radius 3 is 2.44 bits per heavy atom. The molecule has 1 aliphatic heterocycles. The highest BCUT2D eigenvalue weighted by Gasteiger charge is 2.36. The highest BCUT2D eigenvalue weighted by Crippen LogP contribution is 2.37. The van der Waals surface area contributed by atoms with Crippen LogP contribution in [0.15, 0.2) is 41.3 Å². The highest BCUT2D eigenvalue weighted by molar-refractivity contribution is 8.19. The molecule has 1 saturated carbocycles. The molecule has 0 spiro atoms. The molecule has 1 aliphatic carbocycles. The molecule has 2 aromatic rings. The van der Waals surface area contributed by atoms with Gasteiger partial charge in [0, 0.05) is 17.4 Å². The van der Waals surface area contributed by atoms with Gasteiger partial charge in [-0.3, -0.25) is 9.59 Å². The first kappa shape index (κ1) is 18.1. The van der Waals surface area contributed by atoms with E-state index in [1.807, 2.05) is 24.3 Å². The van der Waals surface area contributed by atoms with E-state index >= 15 is 0 Å². The molecule has 1 saturated heterocycles. The van der Waals surface area contributed by atoms with E-state index in [0.717, 1.165) is 17.3 Å². The molecule has 2 fully saturated rings. The van der Waals surface area contributed by atoms with Crippen molar-refractivity contribution in [3.8, 4) is 0 Å². The van der Waals surface area contributed by atoms with Crippen LogP contribution in [0.4, 0.5) is 10.5 Å². The average Bonchev–Trinajstić information content (AvgIpc) is 3.11. The largest absolute Gasteiger partial charge is 0.346 e. The summed E-state index contributed by atoms with van der Waals surface area (Å²) in [5.41, 5.74) is 4.08. The number of anilines is 1. The van der Waals surface area contributed by atoms with Crippen molar-refractivity contribution in [3.63, 3.8) is 0 Å². The van der Waals surface area contributed by atoms with Crippen molar-refractivity contribution in [1.82, 2.24) is 4.57 Å². The topological polar surface area (TPSA) is 42.3 Å². The average molecular weight is 381 g/mol. The standard InChI is InChI=1S/C22H24N2O2S/c1-15-13-17(16(2)23(15)18-9-5-3-6-10-18)14-20-21(25)24(22(26)27-20)19-11-7-4-8-12-19/h4,7-8,11-14,18H,3,5-6,9-10H2,1-2H3/b20-14-. The summed E-state index contributed by atoms with van der Waals surface area (Å²) >= 11 is 1.02. The number of aromatic nitrogens is 1. The summed E-state index contributed by atoms with van der Waals surface area (Å²) in [6, 6.07) is 11.8. The lowest BCUT2D eigenvalue weighted by molar-refractivity contribution is -0.113. The van der Waals surface area contributed by atoms with E-state index in [1.165, 1.54) is 48.4 Å². The summed E-state index contributed by atoms with van der Waals surface area (Å²) in [5, 5.41) is -0.237. The summed E-state index contributed by atoms with van der Waals surface area (Å²) in [4.78, 5) is 27.0. The van der Waals surface area contributed by atoms with Crippen molar-refractivity contribution < 1.29 is 9.59 Å². The second kappa shape index (κ2) is 7.39. The molecule has 5 heteroatoms. The summed E-state index contributed by atoms with van der Waals surface area (Å²) < 4.78 is 2.42. The third kappa shape index (κ3) is 3.36. The van der Waals surface area contributed by atoms with Gasteiger partial charge in [0.15, 0.2) is 0 Å². The second-order valence-corrected chi connectivity index (χ2v) is 8.33. The zero-order chi connectivity index (χ0) is 19.0. The second-order valence-electron chi connectivity index (χ2n) is 7.34. The van der Waals surface area contributed by atoms with E-state index in [2.05, 4.69) is 24.5 Å². The molecule has 2 aliphatic rings. The first-order chi connectivity index (χ1) is 13.1. The van der Waals surface area contributed by atoms with Crippen molar-refractivity contribution in [2.24, 2.45) is 0 Å². The number of amides is 2. The van der Waals surface area contributed by atoms with Gasteiger partial charge in [-0.1, -0.05) is 37.5 Å². The Labute approximate surface area is 164 Å². The van der Waals surface area contributed by atoms with Crippen LogP contribution >= 0.6 is 11.8 Å². The van der Waals surface area contributed by atoms with Gasteiger partial charge in [0.25, 0.3) is 11.1 Å². The van der Waals surface area contributed by atoms with Crippen LogP contribution < -0.4 is 4.90 Å². The van der Waals surface area contributed by atoms with E-state index in [1.54, 1.807) is 12.1 Å². The fourth-order valence-electron chi connectivity index (χ4n) is 4.26. The molecule has 0 bridgehead atoms. The number of para-hydroxylation sites is 1. The number of hydrogen-bond acceptors (Lipinski definition) is 3. The maximum absolute atomic E-state index is 12.8. The first-order valence-electron chi connectivity index (χ1n) is 9.57. The van der Waals surface area contributed by atoms with Crippen LogP contribution in [0.25, 0.3) is 6.08 Å². The molecule has 0 radical (unpaired) electrons. The van der Waals surface area contributed by atoms with E-state index < -0.39 is 0 Å². The molecule has 4 rings (SSSR count). The molecule has 2 heterocycles. The lowest BCUT2D eigenvalue weighted by atomic mass is 9.95. The van der Waals surface area contributed by atoms with Crippen molar-refractivity contribution in [2.75, 3.05) is 4.90 Å². The van der Waals surface area contributed by atoms with Gasteiger partial charge in [-0.2, -0.15) is 0 Å². The van der Waals surface area contributed by atoms with Gasteiger partial charge in [0.1, 0.15) is 0 Å². The maximum Gasteiger partial charge on any atom is 0.298 e. The number of benzene rings is 1. The lowest BCUT2D eigenvalue weighted by Crippen LogP contribution is -2.27. The molecule has 1 aromatic carbocycles. The maximum atomic E-state index is 12.8. The van der Waals surface area contributed by atoms with E-state index in [4.69, 9.17) is 0 Å². The summed E-state index contributed by atoms with van der Waals surface area (Å²) in [6.45, 7) is 4.25. The van der Waals surface area contributed by atoms with Crippen LogP contribution in [-0.2, 0) is 4.79 Å². The Morgan fingerprint density at radius 1 is 1.04 bits per heavy atom. The summed E-state index contributed by atoms with van der Waals surface area (Å²) in [5.74, 6) is -0.237. The minimum Gasteiger partial charge on any atom is -0.346 e. The fraction of sp³-hybridized carbons (Fsp3) is 0.364. The number of carbonyl (C=O) groups excluding carboxylic acids is 2. The number of nitrogens with zero attached hydrogens (tertiary/aromatic N) is 2. The summed E-state index contributed by atoms with van der Waals surface area (Å²) in [6.07, 6.45) is 8.23. The lowest BCUT2D eigenvalue weighted by Gasteiger charge is -2.26. The third-order valence-electron chi connectivity index (χ3n) is 5.56. The van der Waals surface area contributed by atoms with Crippen molar-refractivity contribution in [2.45, 2.75) is 52.0 Å². The molecule has 2 amide bonds. The fourth-order valence-corrected chi connectivity index (χ4v) is 5.09. The zero-order valence-electron chi connectivity index (χ0n) is 15.8. The van der Waals surface area contributed by atoms with E-state index in [0.29, 0.717) is 16.6 Å². The molecule has 0 N–H and O–H groups in total. The first-order valence-corrected chi connectivity index (χ1v) is 10.4. The number of hydrogen-bond donors (Lipinski definition) is 0. The number of thioether (sulfide) groups is 1. The van der Waals surface area contributed by atoms with Crippen molar-refractivity contribution in [1.29, 1.82) is 0 Å². The minimum absolute atomic E-state index is 0.237. The number of aryl methyl sites for hydroxylation is 1. The smallest absolute Gasteiger partial charge is 0.298 e. The Balaban J connectivity index is 1.64. The summed E-state index contributed by atoms with van der Waals surface area (Å²) in [7, 11) is 0. The minimum atomic E-state index is -0.237. The van der Waals surface area contributed by atoms with Crippen LogP contribution in [0, 0.1) is 13.8 Å². The van der Waals surface area contributed by atoms with Crippen molar-refractivity contribution >= 4 is 34.7 Å². The molecular weight excluding hydrogens is 356 g/mol. The van der Waals surface area contributed by atoms with Gasteiger partial charge in [0.05, 0.1) is 10.6 Å². The van der Waals surface area contributed by atoms with Crippen LogP contribution in [0.5, 0.6) is 0 Å². The Kier molecular flexibility index (Phi) is 4.96. The van der Waals surface area contributed by atoms with Crippen LogP contribution in [-0.4, -0.2) is 15.7 Å². The van der Waals surface area contributed by atoms with Gasteiger partial charge in [-0.25, -0.2) is 4.90 Å². The molecule has 140 valence electrons. The quantitative estimate of drug-likeness (QED) is 0.627.